The Bertz CT molecular complexity index is 204. The predicted octanol–water partition coefficient (Wildman–Crippen LogP) is 1.59. The third kappa shape index (κ3) is 6.10. The summed E-state index contributed by atoms with van der Waals surface area (Å²) in [5.74, 6) is -0.139. The maximum absolute atomic E-state index is 11.6. The molecule has 0 saturated carbocycles. The second-order valence-electron chi connectivity index (χ2n) is 3.40. The molecule has 0 rings (SSSR count). The Balaban J connectivity index is 3.90. The molecule has 15 heavy (non-hydrogen) atoms. The molecule has 0 fully saturated rings. The van der Waals surface area contributed by atoms with Crippen LogP contribution in [0.15, 0.2) is 0 Å². The molecule has 0 aliphatic rings. The van der Waals surface area contributed by atoms with E-state index in [9.17, 15) is 9.59 Å². The number of carbonyl (C=O) groups excluding carboxylic acids is 2. The van der Waals surface area contributed by atoms with Crippen LogP contribution in [0.3, 0.4) is 0 Å². The number of methoxy groups -OCH3 is 1. The van der Waals surface area contributed by atoms with E-state index in [0.29, 0.717) is 19.5 Å². The number of nitrogens with zero attached hydrogens (tertiary/aromatic N) is 1. The van der Waals surface area contributed by atoms with E-state index in [-0.39, 0.29) is 18.3 Å². The zero-order valence-corrected chi connectivity index (χ0v) is 9.91. The first-order valence-electron chi connectivity index (χ1n) is 5.50. The lowest BCUT2D eigenvalue weighted by molar-refractivity contribution is -0.141. The van der Waals surface area contributed by atoms with Gasteiger partial charge in [-0.05, 0) is 13.3 Å². The maximum Gasteiger partial charge on any atom is 0.307 e. The second-order valence-corrected chi connectivity index (χ2v) is 3.40. The van der Waals surface area contributed by atoms with E-state index in [2.05, 4.69) is 11.7 Å². The SMILES string of the molecule is CCCCC(=O)N(CC)CCC(=O)OC. The van der Waals surface area contributed by atoms with Crippen molar-refractivity contribution in [2.75, 3.05) is 20.2 Å². The Morgan fingerprint density at radius 2 is 1.87 bits per heavy atom. The number of esters is 1. The summed E-state index contributed by atoms with van der Waals surface area (Å²) >= 11 is 0. The Morgan fingerprint density at radius 1 is 1.20 bits per heavy atom. The van der Waals surface area contributed by atoms with Gasteiger partial charge in [0.05, 0.1) is 13.5 Å². The average molecular weight is 215 g/mol. The number of hydrogen-bond donors (Lipinski definition) is 0. The normalized spacial score (nSPS) is 9.80. The fourth-order valence-electron chi connectivity index (χ4n) is 1.27. The van der Waals surface area contributed by atoms with Crippen LogP contribution in [-0.2, 0) is 14.3 Å². The van der Waals surface area contributed by atoms with Crippen LogP contribution in [0.5, 0.6) is 0 Å². The van der Waals surface area contributed by atoms with Crippen LogP contribution in [0.25, 0.3) is 0 Å². The first kappa shape index (κ1) is 13.9. The highest BCUT2D eigenvalue weighted by atomic mass is 16.5. The summed E-state index contributed by atoms with van der Waals surface area (Å²) in [5, 5.41) is 0. The van der Waals surface area contributed by atoms with Gasteiger partial charge in [0.1, 0.15) is 0 Å². The van der Waals surface area contributed by atoms with Crippen LogP contribution < -0.4 is 0 Å². The van der Waals surface area contributed by atoms with E-state index in [1.54, 1.807) is 4.90 Å². The smallest absolute Gasteiger partial charge is 0.307 e. The molecule has 0 heterocycles. The van der Waals surface area contributed by atoms with Gasteiger partial charge in [0, 0.05) is 19.5 Å². The van der Waals surface area contributed by atoms with Gasteiger partial charge in [0.25, 0.3) is 0 Å². The van der Waals surface area contributed by atoms with E-state index in [1.165, 1.54) is 7.11 Å². The molecule has 88 valence electrons. The van der Waals surface area contributed by atoms with Crippen molar-refractivity contribution in [3.05, 3.63) is 0 Å². The third-order valence-electron chi connectivity index (χ3n) is 2.29. The summed E-state index contributed by atoms with van der Waals surface area (Å²) < 4.78 is 4.53. The Labute approximate surface area is 91.6 Å². The van der Waals surface area contributed by atoms with Crippen LogP contribution in [-0.4, -0.2) is 37.0 Å². The minimum absolute atomic E-state index is 0.128. The molecule has 0 aromatic rings. The first-order valence-corrected chi connectivity index (χ1v) is 5.50. The van der Waals surface area contributed by atoms with E-state index >= 15 is 0 Å². The van der Waals surface area contributed by atoms with Gasteiger partial charge in [-0.1, -0.05) is 13.3 Å². The molecule has 4 heteroatoms. The van der Waals surface area contributed by atoms with Gasteiger partial charge < -0.3 is 9.64 Å². The highest BCUT2D eigenvalue weighted by Crippen LogP contribution is 2.02. The molecule has 0 unspecified atom stereocenters. The molecule has 0 spiro atoms. The highest BCUT2D eigenvalue weighted by Gasteiger charge is 2.12. The van der Waals surface area contributed by atoms with Crippen molar-refractivity contribution in [3.8, 4) is 0 Å². The molecule has 0 N–H and O–H groups in total. The molecule has 0 aliphatic carbocycles. The first-order chi connectivity index (χ1) is 7.15. The summed E-state index contributed by atoms with van der Waals surface area (Å²) in [6.45, 7) is 5.09. The Kier molecular flexibility index (Phi) is 7.68. The van der Waals surface area contributed by atoms with Crippen molar-refractivity contribution < 1.29 is 14.3 Å². The van der Waals surface area contributed by atoms with E-state index in [1.807, 2.05) is 6.92 Å². The molecule has 0 saturated heterocycles. The Morgan fingerprint density at radius 3 is 2.33 bits per heavy atom. The number of hydrogen-bond acceptors (Lipinski definition) is 3. The van der Waals surface area contributed by atoms with Crippen LogP contribution in [0, 0.1) is 0 Å². The standard InChI is InChI=1S/C11H21NO3/c1-4-6-7-10(13)12(5-2)9-8-11(14)15-3/h4-9H2,1-3H3. The minimum atomic E-state index is -0.267. The van der Waals surface area contributed by atoms with Gasteiger partial charge in [0.2, 0.25) is 5.91 Å². The van der Waals surface area contributed by atoms with Crippen molar-refractivity contribution >= 4 is 11.9 Å². The monoisotopic (exact) mass is 215 g/mol. The van der Waals surface area contributed by atoms with Crippen molar-refractivity contribution in [1.82, 2.24) is 4.90 Å². The quantitative estimate of drug-likeness (QED) is 0.606. The second kappa shape index (κ2) is 8.26. The van der Waals surface area contributed by atoms with E-state index < -0.39 is 0 Å². The molecular weight excluding hydrogens is 194 g/mol. The summed E-state index contributed by atoms with van der Waals surface area (Å²) in [6, 6.07) is 0. The number of amides is 1. The summed E-state index contributed by atoms with van der Waals surface area (Å²) in [7, 11) is 1.36. The molecule has 0 aromatic carbocycles. The van der Waals surface area contributed by atoms with Crippen LogP contribution >= 0.6 is 0 Å². The van der Waals surface area contributed by atoms with Crippen molar-refractivity contribution in [2.24, 2.45) is 0 Å². The van der Waals surface area contributed by atoms with Gasteiger partial charge >= 0.3 is 5.97 Å². The number of unbranched alkanes of at least 4 members (excludes halogenated alkanes) is 1. The zero-order chi connectivity index (χ0) is 11.7. The molecule has 0 bridgehead atoms. The van der Waals surface area contributed by atoms with Crippen molar-refractivity contribution in [1.29, 1.82) is 0 Å². The minimum Gasteiger partial charge on any atom is -0.469 e. The summed E-state index contributed by atoms with van der Waals surface area (Å²) in [5.41, 5.74) is 0. The molecule has 0 aromatic heterocycles. The predicted molar refractivity (Wildman–Crippen MR) is 58.4 cm³/mol. The van der Waals surface area contributed by atoms with Gasteiger partial charge in [0.15, 0.2) is 0 Å². The molecule has 0 radical (unpaired) electrons. The number of ether oxygens (including phenoxy) is 1. The third-order valence-corrected chi connectivity index (χ3v) is 2.29. The molecular formula is C11H21NO3. The average Bonchev–Trinajstić information content (AvgIpc) is 2.26. The van der Waals surface area contributed by atoms with Gasteiger partial charge in [-0.2, -0.15) is 0 Å². The van der Waals surface area contributed by atoms with Gasteiger partial charge in [-0.15, -0.1) is 0 Å². The van der Waals surface area contributed by atoms with Crippen LogP contribution in [0.2, 0.25) is 0 Å². The van der Waals surface area contributed by atoms with Crippen LogP contribution in [0.1, 0.15) is 39.5 Å². The molecule has 0 atom stereocenters. The topological polar surface area (TPSA) is 46.6 Å². The maximum atomic E-state index is 11.6. The molecule has 4 nitrogen and oxygen atoms in total. The van der Waals surface area contributed by atoms with E-state index in [4.69, 9.17) is 0 Å². The molecule has 1 amide bonds. The van der Waals surface area contributed by atoms with Crippen LogP contribution in [0.4, 0.5) is 0 Å². The lowest BCUT2D eigenvalue weighted by atomic mass is 10.2. The van der Waals surface area contributed by atoms with Crippen molar-refractivity contribution in [2.45, 2.75) is 39.5 Å². The van der Waals surface area contributed by atoms with Gasteiger partial charge in [-0.25, -0.2) is 0 Å². The number of carbonyl (C=O) groups is 2. The number of rotatable bonds is 7. The van der Waals surface area contributed by atoms with Crippen molar-refractivity contribution in [3.63, 3.8) is 0 Å². The lowest BCUT2D eigenvalue weighted by Crippen LogP contribution is -2.32. The lowest BCUT2D eigenvalue weighted by Gasteiger charge is -2.20. The highest BCUT2D eigenvalue weighted by molar-refractivity contribution is 5.77. The van der Waals surface area contributed by atoms with Gasteiger partial charge in [-0.3, -0.25) is 9.59 Å². The summed E-state index contributed by atoms with van der Waals surface area (Å²) in [4.78, 5) is 24.2. The van der Waals surface area contributed by atoms with E-state index in [0.717, 1.165) is 12.8 Å². The summed E-state index contributed by atoms with van der Waals surface area (Å²) in [6.07, 6.45) is 2.78. The largest absolute Gasteiger partial charge is 0.469 e. The Hall–Kier alpha value is -1.06. The molecule has 0 aliphatic heterocycles. The zero-order valence-electron chi connectivity index (χ0n) is 9.91. The fourth-order valence-corrected chi connectivity index (χ4v) is 1.27. The fraction of sp³-hybridized carbons (Fsp3) is 0.818.